The Balaban J connectivity index is 1.75. The van der Waals surface area contributed by atoms with Crippen molar-refractivity contribution in [2.24, 2.45) is 0 Å². The molecule has 3 rings (SSSR count). The molecule has 152 valence electrons. The number of hydrogen-bond donors (Lipinski definition) is 1. The summed E-state index contributed by atoms with van der Waals surface area (Å²) in [5, 5.41) is 3.81. The molecule has 1 fully saturated rings. The molecule has 1 amide bonds. The van der Waals surface area contributed by atoms with Gasteiger partial charge in [0.1, 0.15) is 11.3 Å². The highest BCUT2D eigenvalue weighted by atomic mass is 16.5. The van der Waals surface area contributed by atoms with Gasteiger partial charge in [0.2, 0.25) is 0 Å². The maximum Gasteiger partial charge on any atom is 0.337 e. The van der Waals surface area contributed by atoms with Crippen LogP contribution in [0.3, 0.4) is 0 Å². The summed E-state index contributed by atoms with van der Waals surface area (Å²) in [4.78, 5) is 25.0. The number of methoxy groups -OCH3 is 1. The molecule has 1 aromatic carbocycles. The van der Waals surface area contributed by atoms with Crippen LogP contribution in [0.2, 0.25) is 0 Å². The van der Waals surface area contributed by atoms with Gasteiger partial charge in [-0.1, -0.05) is 57.8 Å². The van der Waals surface area contributed by atoms with Crippen molar-refractivity contribution < 1.29 is 13.9 Å². The predicted octanol–water partition coefficient (Wildman–Crippen LogP) is 5.20. The molecule has 1 aliphatic rings. The molecule has 0 aliphatic heterocycles. The van der Waals surface area contributed by atoms with Gasteiger partial charge in [-0.25, -0.2) is 4.79 Å². The fourth-order valence-electron chi connectivity index (χ4n) is 4.03. The van der Waals surface area contributed by atoms with Crippen LogP contribution in [0.1, 0.15) is 81.0 Å². The van der Waals surface area contributed by atoms with Gasteiger partial charge < -0.3 is 14.5 Å². The Morgan fingerprint density at radius 3 is 2.18 bits per heavy atom. The third-order valence-electron chi connectivity index (χ3n) is 5.64. The third kappa shape index (κ3) is 5.60. The van der Waals surface area contributed by atoms with E-state index in [2.05, 4.69) is 5.32 Å². The molecular formula is C23H31NO4. The first kappa shape index (κ1) is 20.4. The van der Waals surface area contributed by atoms with Gasteiger partial charge in [-0.15, -0.1) is 0 Å². The van der Waals surface area contributed by atoms with Crippen LogP contribution < -0.4 is 15.7 Å². The molecule has 0 spiro atoms. The Kier molecular flexibility index (Phi) is 7.52. The summed E-state index contributed by atoms with van der Waals surface area (Å²) in [5.74, 6) is 0.396. The first-order valence-corrected chi connectivity index (χ1v) is 10.6. The van der Waals surface area contributed by atoms with Crippen LogP contribution in [0.5, 0.6) is 5.75 Å². The maximum absolute atomic E-state index is 13.0. The highest BCUT2D eigenvalue weighted by molar-refractivity contribution is 6.05. The number of carbonyl (C=O) groups is 1. The minimum absolute atomic E-state index is 0.160. The average molecular weight is 386 g/mol. The molecule has 0 radical (unpaired) electrons. The molecule has 1 aromatic heterocycles. The topological polar surface area (TPSA) is 68.5 Å². The summed E-state index contributed by atoms with van der Waals surface area (Å²) in [6.07, 6.45) is 13.3. The summed E-state index contributed by atoms with van der Waals surface area (Å²) in [6, 6.07) is 6.64. The lowest BCUT2D eigenvalue weighted by Gasteiger charge is -2.20. The second-order valence-corrected chi connectivity index (χ2v) is 7.77. The maximum atomic E-state index is 13.0. The molecule has 1 saturated carbocycles. The zero-order valence-electron chi connectivity index (χ0n) is 16.8. The van der Waals surface area contributed by atoms with E-state index < -0.39 is 5.63 Å². The quantitative estimate of drug-likeness (QED) is 0.737. The number of fused-ring (bicyclic) bond motifs is 1. The van der Waals surface area contributed by atoms with Crippen molar-refractivity contribution in [3.63, 3.8) is 0 Å². The van der Waals surface area contributed by atoms with Gasteiger partial charge >= 0.3 is 5.63 Å². The lowest BCUT2D eigenvalue weighted by molar-refractivity contribution is 0.0932. The Morgan fingerprint density at radius 1 is 0.964 bits per heavy atom. The lowest BCUT2D eigenvalue weighted by Crippen LogP contribution is -2.35. The zero-order valence-corrected chi connectivity index (χ0v) is 16.8. The third-order valence-corrected chi connectivity index (χ3v) is 5.64. The Labute approximate surface area is 166 Å². The highest BCUT2D eigenvalue weighted by Gasteiger charge is 2.18. The Morgan fingerprint density at radius 2 is 1.57 bits per heavy atom. The molecule has 0 unspecified atom stereocenters. The minimum atomic E-state index is -0.524. The van der Waals surface area contributed by atoms with E-state index in [9.17, 15) is 9.59 Å². The van der Waals surface area contributed by atoms with Crippen molar-refractivity contribution in [2.45, 2.75) is 76.7 Å². The number of nitrogens with one attached hydrogen (secondary N) is 1. The predicted molar refractivity (Wildman–Crippen MR) is 111 cm³/mol. The van der Waals surface area contributed by atoms with Crippen molar-refractivity contribution in [3.05, 3.63) is 40.2 Å². The van der Waals surface area contributed by atoms with Crippen molar-refractivity contribution in [3.8, 4) is 5.75 Å². The Hall–Kier alpha value is -2.30. The van der Waals surface area contributed by atoms with E-state index in [0.29, 0.717) is 22.3 Å². The van der Waals surface area contributed by atoms with Crippen LogP contribution >= 0.6 is 0 Å². The van der Waals surface area contributed by atoms with E-state index in [-0.39, 0.29) is 11.9 Å². The lowest BCUT2D eigenvalue weighted by atomic mass is 9.97. The molecule has 5 nitrogen and oxygen atoms in total. The molecule has 0 bridgehead atoms. The van der Waals surface area contributed by atoms with Crippen LogP contribution in [0.25, 0.3) is 11.0 Å². The fraction of sp³-hybridized carbons (Fsp3) is 0.565. The van der Waals surface area contributed by atoms with E-state index in [1.54, 1.807) is 25.3 Å². The molecule has 1 N–H and O–H groups in total. The smallest absolute Gasteiger partial charge is 0.337 e. The van der Waals surface area contributed by atoms with Gasteiger partial charge in [0.15, 0.2) is 0 Å². The molecule has 5 heteroatoms. The molecule has 0 atom stereocenters. The second-order valence-electron chi connectivity index (χ2n) is 7.77. The minimum Gasteiger partial charge on any atom is -0.497 e. The van der Waals surface area contributed by atoms with E-state index in [4.69, 9.17) is 9.15 Å². The van der Waals surface area contributed by atoms with Crippen molar-refractivity contribution in [1.82, 2.24) is 5.32 Å². The van der Waals surface area contributed by atoms with Gasteiger partial charge in [0.25, 0.3) is 5.91 Å². The normalized spacial score (nSPS) is 17.5. The van der Waals surface area contributed by atoms with Gasteiger partial charge in [0, 0.05) is 23.6 Å². The molecule has 1 aliphatic carbocycles. The monoisotopic (exact) mass is 385 g/mol. The van der Waals surface area contributed by atoms with Crippen LogP contribution in [0.4, 0.5) is 0 Å². The Bertz CT molecular complexity index is 830. The number of amides is 1. The van der Waals surface area contributed by atoms with E-state index in [1.807, 2.05) is 0 Å². The zero-order chi connectivity index (χ0) is 19.8. The second kappa shape index (κ2) is 10.3. The average Bonchev–Trinajstić information content (AvgIpc) is 2.68. The van der Waals surface area contributed by atoms with Gasteiger partial charge in [-0.2, -0.15) is 0 Å². The summed E-state index contributed by atoms with van der Waals surface area (Å²) >= 11 is 0. The SMILES string of the molecule is COc1ccc2c(C(=O)NC3CCCCCCCCCCC3)cc(=O)oc2c1. The summed E-state index contributed by atoms with van der Waals surface area (Å²) in [6.45, 7) is 0. The number of rotatable bonds is 3. The molecular weight excluding hydrogens is 354 g/mol. The van der Waals surface area contributed by atoms with E-state index >= 15 is 0 Å². The van der Waals surface area contributed by atoms with Crippen molar-refractivity contribution in [2.75, 3.05) is 7.11 Å². The van der Waals surface area contributed by atoms with Gasteiger partial charge in [-0.05, 0) is 25.0 Å². The van der Waals surface area contributed by atoms with Gasteiger partial charge in [-0.3, -0.25) is 4.79 Å². The van der Waals surface area contributed by atoms with Gasteiger partial charge in [0.05, 0.1) is 12.7 Å². The molecule has 2 aromatic rings. The molecule has 28 heavy (non-hydrogen) atoms. The first-order chi connectivity index (χ1) is 13.7. The first-order valence-electron chi connectivity index (χ1n) is 10.6. The van der Waals surface area contributed by atoms with Crippen LogP contribution in [0.15, 0.2) is 33.5 Å². The standard InChI is InChI=1S/C23H31NO4/c1-27-18-13-14-19-20(16-22(25)28-21(19)15-18)23(26)24-17-11-9-7-5-3-2-4-6-8-10-12-17/h13-17H,2-12H2,1H3,(H,24,26). The number of benzene rings is 1. The number of ether oxygens (including phenoxy) is 1. The summed E-state index contributed by atoms with van der Waals surface area (Å²) < 4.78 is 10.5. The molecule has 0 saturated heterocycles. The number of hydrogen-bond acceptors (Lipinski definition) is 4. The van der Waals surface area contributed by atoms with Crippen molar-refractivity contribution >= 4 is 16.9 Å². The van der Waals surface area contributed by atoms with Crippen molar-refractivity contribution in [1.29, 1.82) is 0 Å². The summed E-state index contributed by atoms with van der Waals surface area (Å²) in [7, 11) is 1.56. The summed E-state index contributed by atoms with van der Waals surface area (Å²) in [5.41, 5.74) is 0.223. The van der Waals surface area contributed by atoms with Crippen LogP contribution in [0, 0.1) is 0 Å². The van der Waals surface area contributed by atoms with Crippen LogP contribution in [-0.2, 0) is 0 Å². The van der Waals surface area contributed by atoms with E-state index in [0.717, 1.165) is 25.7 Å². The molecule has 1 heterocycles. The van der Waals surface area contributed by atoms with Crippen LogP contribution in [-0.4, -0.2) is 19.1 Å². The fourth-order valence-corrected chi connectivity index (χ4v) is 4.03. The largest absolute Gasteiger partial charge is 0.497 e. The number of carbonyl (C=O) groups excluding carboxylic acids is 1. The van der Waals surface area contributed by atoms with E-state index in [1.165, 1.54) is 51.0 Å². The highest BCUT2D eigenvalue weighted by Crippen LogP contribution is 2.23.